The molecule has 0 aliphatic carbocycles. The van der Waals surface area contributed by atoms with E-state index in [9.17, 15) is 9.59 Å². The fraction of sp³-hybridized carbons (Fsp3) is 0.378. The molecule has 7 rings (SSSR count). The van der Waals surface area contributed by atoms with Crippen molar-refractivity contribution in [2.45, 2.75) is 44.8 Å². The van der Waals surface area contributed by atoms with E-state index >= 15 is 0 Å². The summed E-state index contributed by atoms with van der Waals surface area (Å²) in [5.41, 5.74) is 5.26. The molecule has 2 aliphatic heterocycles. The highest BCUT2D eigenvalue weighted by Gasteiger charge is 2.45. The maximum atomic E-state index is 13.8. The van der Waals surface area contributed by atoms with Crippen LogP contribution in [0.1, 0.15) is 37.9 Å². The third-order valence-electron chi connectivity index (χ3n) is 9.44. The van der Waals surface area contributed by atoms with Gasteiger partial charge in [0, 0.05) is 81.7 Å². The first-order valence-corrected chi connectivity index (χ1v) is 16.9. The summed E-state index contributed by atoms with van der Waals surface area (Å²) >= 11 is 0. The van der Waals surface area contributed by atoms with Crippen molar-refractivity contribution < 1.29 is 19.1 Å². The highest BCUT2D eigenvalue weighted by Crippen LogP contribution is 2.31. The first-order chi connectivity index (χ1) is 24.2. The van der Waals surface area contributed by atoms with Crippen LogP contribution < -0.4 is 4.74 Å². The minimum absolute atomic E-state index is 0.000842. The number of methoxy groups -OCH3 is 1. The molecule has 0 saturated carbocycles. The van der Waals surface area contributed by atoms with E-state index < -0.39 is 5.60 Å². The Balaban J connectivity index is 0.955. The van der Waals surface area contributed by atoms with Gasteiger partial charge in [0.05, 0.1) is 23.9 Å². The minimum atomic E-state index is -0.970. The molecule has 50 heavy (non-hydrogen) atoms. The number of fused-ring (bicyclic) bond motifs is 1. The van der Waals surface area contributed by atoms with Crippen molar-refractivity contribution in [1.82, 2.24) is 44.7 Å². The number of aryl methyl sites for hydroxylation is 1. The lowest BCUT2D eigenvalue weighted by Gasteiger charge is -2.29. The molecule has 13 nitrogen and oxygen atoms in total. The lowest BCUT2D eigenvalue weighted by molar-refractivity contribution is -0.140. The van der Waals surface area contributed by atoms with E-state index in [1.807, 2.05) is 73.2 Å². The SMILES string of the molecule is CO[C@@]1(C(=O)Cc2ccc3[nH]nc(-c4ccc(OC(C)C)nc4)c3c2)CCN(CC(=O)N2CC=C(c3ccc(-c4ncn(C)n4)cn3)CC2)C1. The van der Waals surface area contributed by atoms with Crippen molar-refractivity contribution in [3.05, 3.63) is 78.5 Å². The van der Waals surface area contributed by atoms with Crippen molar-refractivity contribution in [3.63, 3.8) is 0 Å². The number of ketones is 1. The predicted octanol–water partition coefficient (Wildman–Crippen LogP) is 4.12. The average Bonchev–Trinajstić information content (AvgIpc) is 3.87. The van der Waals surface area contributed by atoms with E-state index in [0.29, 0.717) is 44.3 Å². The quantitative estimate of drug-likeness (QED) is 0.217. The number of aromatic nitrogens is 7. The van der Waals surface area contributed by atoms with Gasteiger partial charge in [-0.25, -0.2) is 9.97 Å². The molecule has 4 aromatic heterocycles. The number of nitrogens with one attached hydrogen (secondary N) is 1. The van der Waals surface area contributed by atoms with Crippen LogP contribution in [0, 0.1) is 0 Å². The summed E-state index contributed by atoms with van der Waals surface area (Å²) in [4.78, 5) is 44.4. The maximum absolute atomic E-state index is 13.8. The molecule has 0 radical (unpaired) electrons. The second kappa shape index (κ2) is 13.9. The number of amides is 1. The fourth-order valence-corrected chi connectivity index (χ4v) is 6.68. The summed E-state index contributed by atoms with van der Waals surface area (Å²) in [6.45, 7) is 6.28. The highest BCUT2D eigenvalue weighted by molar-refractivity contribution is 5.95. The summed E-state index contributed by atoms with van der Waals surface area (Å²) in [6, 6.07) is 13.6. The zero-order valence-corrected chi connectivity index (χ0v) is 28.8. The monoisotopic (exact) mass is 675 g/mol. The Hall–Kier alpha value is -5.27. The first kappa shape index (κ1) is 33.2. The molecule has 6 heterocycles. The van der Waals surface area contributed by atoms with Gasteiger partial charge in [-0.1, -0.05) is 12.1 Å². The van der Waals surface area contributed by atoms with Crippen LogP contribution in [0.3, 0.4) is 0 Å². The summed E-state index contributed by atoms with van der Waals surface area (Å²) in [6.07, 6.45) is 8.77. The molecule has 1 fully saturated rings. The zero-order valence-electron chi connectivity index (χ0n) is 28.8. The number of nitrogens with zero attached hydrogens (tertiary/aromatic N) is 8. The summed E-state index contributed by atoms with van der Waals surface area (Å²) in [5, 5.41) is 12.9. The molecule has 2 aliphatic rings. The number of aromatic amines is 1. The summed E-state index contributed by atoms with van der Waals surface area (Å²) in [7, 11) is 3.42. The second-order valence-electron chi connectivity index (χ2n) is 13.3. The topological polar surface area (TPSA) is 144 Å². The third-order valence-corrected chi connectivity index (χ3v) is 9.44. The molecular formula is C37H41N9O4. The van der Waals surface area contributed by atoms with E-state index in [1.165, 1.54) is 0 Å². The lowest BCUT2D eigenvalue weighted by Crippen LogP contribution is -2.46. The van der Waals surface area contributed by atoms with Crippen molar-refractivity contribution >= 4 is 28.2 Å². The maximum Gasteiger partial charge on any atom is 0.237 e. The smallest absolute Gasteiger partial charge is 0.237 e. The van der Waals surface area contributed by atoms with Gasteiger partial charge in [-0.3, -0.25) is 29.3 Å². The van der Waals surface area contributed by atoms with Crippen molar-refractivity contribution in [1.29, 1.82) is 0 Å². The zero-order chi connectivity index (χ0) is 34.8. The number of benzene rings is 1. The van der Waals surface area contributed by atoms with Crippen LogP contribution in [-0.2, 0) is 27.8 Å². The van der Waals surface area contributed by atoms with Crippen molar-refractivity contribution in [2.75, 3.05) is 39.8 Å². The standard InChI is InChI=1S/C37H41N9O4/c1-24(2)50-33-10-7-27(19-39-33)35-29-17-25(5-8-31(29)41-42-35)18-32(47)37(49-4)13-16-45(22-37)21-34(48)46-14-11-26(12-15-46)30-9-6-28(20-38-30)36-40-23-44(3)43-36/h5-11,17,19-20,23-24H,12-16,18,21-22H2,1-4H3,(H,41,42)/t37-/m0/s1. The molecule has 13 heteroatoms. The van der Waals surface area contributed by atoms with E-state index in [2.05, 4.69) is 36.3 Å². The van der Waals surface area contributed by atoms with Crippen molar-refractivity contribution in [3.8, 4) is 28.5 Å². The van der Waals surface area contributed by atoms with Gasteiger partial charge in [0.25, 0.3) is 0 Å². The van der Waals surface area contributed by atoms with Crippen LogP contribution in [-0.4, -0.2) is 108 Å². The number of rotatable bonds is 11. The van der Waals surface area contributed by atoms with Gasteiger partial charge in [-0.05, 0) is 68.2 Å². The van der Waals surface area contributed by atoms with Crippen LogP contribution in [0.2, 0.25) is 0 Å². The Morgan fingerprint density at radius 2 is 1.86 bits per heavy atom. The van der Waals surface area contributed by atoms with Gasteiger partial charge in [-0.2, -0.15) is 10.2 Å². The Labute approximate surface area is 290 Å². The number of hydrogen-bond acceptors (Lipinski definition) is 10. The number of H-pyrrole nitrogens is 1. The van der Waals surface area contributed by atoms with Gasteiger partial charge >= 0.3 is 0 Å². The minimum Gasteiger partial charge on any atom is -0.475 e. The van der Waals surface area contributed by atoms with Crippen LogP contribution in [0.4, 0.5) is 0 Å². The van der Waals surface area contributed by atoms with Crippen LogP contribution >= 0.6 is 0 Å². The molecule has 1 saturated heterocycles. The molecule has 1 N–H and O–H groups in total. The number of likely N-dealkylation sites (tertiary alicyclic amines) is 1. The van der Waals surface area contributed by atoms with Gasteiger partial charge in [0.1, 0.15) is 17.6 Å². The summed E-state index contributed by atoms with van der Waals surface area (Å²) in [5.74, 6) is 1.24. The molecule has 0 spiro atoms. The van der Waals surface area contributed by atoms with Gasteiger partial charge in [0.2, 0.25) is 11.8 Å². The Morgan fingerprint density at radius 1 is 1.02 bits per heavy atom. The van der Waals surface area contributed by atoms with Gasteiger partial charge < -0.3 is 14.4 Å². The van der Waals surface area contributed by atoms with E-state index in [4.69, 9.17) is 9.47 Å². The Bertz CT molecular complexity index is 2030. The average molecular weight is 676 g/mol. The Kier molecular flexibility index (Phi) is 9.25. The molecule has 0 unspecified atom stereocenters. The van der Waals surface area contributed by atoms with Crippen LogP contribution in [0.25, 0.3) is 39.1 Å². The van der Waals surface area contributed by atoms with E-state index in [0.717, 1.165) is 51.0 Å². The third kappa shape index (κ3) is 6.92. The normalized spacial score (nSPS) is 18.2. The molecule has 1 amide bonds. The highest BCUT2D eigenvalue weighted by atomic mass is 16.5. The van der Waals surface area contributed by atoms with Gasteiger partial charge in [0.15, 0.2) is 11.6 Å². The molecule has 0 bridgehead atoms. The number of pyridine rings is 2. The number of carbonyl (C=O) groups excluding carboxylic acids is 2. The summed E-state index contributed by atoms with van der Waals surface area (Å²) < 4.78 is 13.3. The number of hydrogen-bond donors (Lipinski definition) is 1. The number of Topliss-reactive ketones (excluding diaryl/α,β-unsaturated/α-hetero) is 1. The predicted molar refractivity (Wildman–Crippen MR) is 188 cm³/mol. The van der Waals surface area contributed by atoms with Gasteiger partial charge in [-0.15, -0.1) is 0 Å². The largest absolute Gasteiger partial charge is 0.475 e. The number of ether oxygens (including phenoxy) is 2. The number of carbonyl (C=O) groups is 2. The molecule has 258 valence electrons. The molecule has 5 aromatic rings. The van der Waals surface area contributed by atoms with Crippen LogP contribution in [0.15, 0.2) is 67.3 Å². The molecule has 1 aromatic carbocycles. The Morgan fingerprint density at radius 3 is 2.54 bits per heavy atom. The lowest BCUT2D eigenvalue weighted by atomic mass is 9.91. The molecule has 1 atom stereocenters. The molecular weight excluding hydrogens is 634 g/mol. The first-order valence-electron chi connectivity index (χ1n) is 16.9. The van der Waals surface area contributed by atoms with E-state index in [-0.39, 0.29) is 30.8 Å². The fourth-order valence-electron chi connectivity index (χ4n) is 6.68. The van der Waals surface area contributed by atoms with Crippen molar-refractivity contribution in [2.24, 2.45) is 7.05 Å². The second-order valence-corrected chi connectivity index (χ2v) is 13.3. The van der Waals surface area contributed by atoms with E-state index in [1.54, 1.807) is 30.5 Å². The van der Waals surface area contributed by atoms with Crippen LogP contribution in [0.5, 0.6) is 5.88 Å².